The monoisotopic (exact) mass is 308 g/mol. The van der Waals surface area contributed by atoms with E-state index in [2.05, 4.69) is 15.5 Å². The number of carbonyl (C=O) groups excluding carboxylic acids is 1. The molecule has 1 aromatic heterocycles. The van der Waals surface area contributed by atoms with Gasteiger partial charge in [-0.05, 0) is 29.5 Å². The lowest BCUT2D eigenvalue weighted by atomic mass is 10.3. The normalized spacial score (nSPS) is 12.4. The summed E-state index contributed by atoms with van der Waals surface area (Å²) >= 11 is 1.21. The van der Waals surface area contributed by atoms with Gasteiger partial charge in [0, 0.05) is 6.07 Å². The van der Waals surface area contributed by atoms with Gasteiger partial charge in [-0.1, -0.05) is 11.8 Å². The maximum absolute atomic E-state index is 11.4. The highest BCUT2D eigenvalue weighted by Gasteiger charge is 2.17. The zero-order valence-electron chi connectivity index (χ0n) is 11.2. The molecular weight excluding hydrogens is 296 g/mol. The van der Waals surface area contributed by atoms with E-state index < -0.39 is 0 Å². The van der Waals surface area contributed by atoms with Crippen LogP contribution in [0.25, 0.3) is 5.69 Å². The summed E-state index contributed by atoms with van der Waals surface area (Å²) in [5, 5.41) is 12.0. The molecule has 1 aliphatic rings. The van der Waals surface area contributed by atoms with Crippen LogP contribution >= 0.6 is 11.8 Å². The number of hydrogen-bond donors (Lipinski definition) is 0. The molecule has 110 valence electrons. The molecule has 21 heavy (non-hydrogen) atoms. The zero-order chi connectivity index (χ0) is 14.7. The van der Waals surface area contributed by atoms with Crippen LogP contribution < -0.4 is 9.47 Å². The van der Waals surface area contributed by atoms with Crippen LogP contribution in [-0.2, 0) is 9.53 Å². The van der Waals surface area contributed by atoms with E-state index in [9.17, 15) is 4.79 Å². The lowest BCUT2D eigenvalue weighted by Gasteiger charge is -2.05. The largest absolute Gasteiger partial charge is 0.465 e. The summed E-state index contributed by atoms with van der Waals surface area (Å²) in [6.45, 7) is 2.32. The number of nitrogens with zero attached hydrogens (tertiary/aromatic N) is 4. The van der Waals surface area contributed by atoms with Crippen LogP contribution in [0.2, 0.25) is 0 Å². The van der Waals surface area contributed by atoms with Crippen molar-refractivity contribution in [3.63, 3.8) is 0 Å². The van der Waals surface area contributed by atoms with E-state index in [-0.39, 0.29) is 18.5 Å². The average Bonchev–Trinajstić information content (AvgIpc) is 3.13. The third kappa shape index (κ3) is 2.92. The molecule has 8 nitrogen and oxygen atoms in total. The Labute approximate surface area is 124 Å². The van der Waals surface area contributed by atoms with Crippen molar-refractivity contribution < 1.29 is 19.0 Å². The first-order valence-corrected chi connectivity index (χ1v) is 7.23. The van der Waals surface area contributed by atoms with E-state index in [0.717, 1.165) is 5.69 Å². The third-order valence-corrected chi connectivity index (χ3v) is 3.56. The van der Waals surface area contributed by atoms with Gasteiger partial charge < -0.3 is 14.2 Å². The van der Waals surface area contributed by atoms with Crippen LogP contribution in [0.15, 0.2) is 23.4 Å². The van der Waals surface area contributed by atoms with Gasteiger partial charge in [0.2, 0.25) is 11.9 Å². The lowest BCUT2D eigenvalue weighted by Crippen LogP contribution is -2.08. The van der Waals surface area contributed by atoms with Crippen molar-refractivity contribution in [1.82, 2.24) is 20.2 Å². The van der Waals surface area contributed by atoms with Gasteiger partial charge >= 0.3 is 5.97 Å². The van der Waals surface area contributed by atoms with Crippen LogP contribution in [0.3, 0.4) is 0 Å². The summed E-state index contributed by atoms with van der Waals surface area (Å²) in [6.07, 6.45) is 0. The maximum atomic E-state index is 11.4. The SMILES string of the molecule is CCOC(=O)CSc1nnnn1-c1ccc2c(c1)OCO2. The number of tetrazole rings is 1. The number of benzene rings is 1. The molecular formula is C12H12N4O4S. The Morgan fingerprint density at radius 2 is 2.29 bits per heavy atom. The second-order valence-electron chi connectivity index (χ2n) is 4.00. The van der Waals surface area contributed by atoms with Gasteiger partial charge in [-0.15, -0.1) is 5.10 Å². The van der Waals surface area contributed by atoms with Crippen molar-refractivity contribution in [2.24, 2.45) is 0 Å². The van der Waals surface area contributed by atoms with Crippen LogP contribution in [0.4, 0.5) is 0 Å². The molecule has 1 aromatic carbocycles. The Kier molecular flexibility index (Phi) is 3.91. The Balaban J connectivity index is 1.77. The van der Waals surface area contributed by atoms with E-state index in [0.29, 0.717) is 23.3 Å². The van der Waals surface area contributed by atoms with Gasteiger partial charge in [-0.25, -0.2) is 0 Å². The number of ether oxygens (including phenoxy) is 3. The molecule has 2 heterocycles. The fourth-order valence-electron chi connectivity index (χ4n) is 1.77. The lowest BCUT2D eigenvalue weighted by molar-refractivity contribution is -0.139. The van der Waals surface area contributed by atoms with Crippen LogP contribution in [0.5, 0.6) is 11.5 Å². The Morgan fingerprint density at radius 3 is 3.14 bits per heavy atom. The second-order valence-corrected chi connectivity index (χ2v) is 4.95. The van der Waals surface area contributed by atoms with Gasteiger partial charge in [0.25, 0.3) is 0 Å². The fraction of sp³-hybridized carbons (Fsp3) is 0.333. The molecule has 0 unspecified atom stereocenters. The van der Waals surface area contributed by atoms with E-state index in [1.54, 1.807) is 19.1 Å². The maximum Gasteiger partial charge on any atom is 0.316 e. The zero-order valence-corrected chi connectivity index (χ0v) is 12.0. The minimum atomic E-state index is -0.303. The fourth-order valence-corrected chi connectivity index (χ4v) is 2.46. The molecule has 0 fully saturated rings. The summed E-state index contributed by atoms with van der Waals surface area (Å²) < 4.78 is 17.0. The molecule has 0 atom stereocenters. The minimum absolute atomic E-state index is 0.152. The van der Waals surface area contributed by atoms with E-state index in [1.165, 1.54) is 16.4 Å². The highest BCUT2D eigenvalue weighted by Crippen LogP contribution is 2.34. The molecule has 0 radical (unpaired) electrons. The van der Waals surface area contributed by atoms with Gasteiger partial charge in [-0.2, -0.15) is 4.68 Å². The number of carbonyl (C=O) groups is 1. The van der Waals surface area contributed by atoms with Gasteiger partial charge in [0.15, 0.2) is 11.5 Å². The number of esters is 1. The highest BCUT2D eigenvalue weighted by molar-refractivity contribution is 7.99. The number of rotatable bonds is 5. The van der Waals surface area contributed by atoms with Crippen molar-refractivity contribution in [2.45, 2.75) is 12.1 Å². The Morgan fingerprint density at radius 1 is 1.43 bits per heavy atom. The molecule has 0 aliphatic carbocycles. The molecule has 0 amide bonds. The summed E-state index contributed by atoms with van der Waals surface area (Å²) in [7, 11) is 0. The van der Waals surface area contributed by atoms with Crippen molar-refractivity contribution >= 4 is 17.7 Å². The van der Waals surface area contributed by atoms with Gasteiger partial charge in [0.1, 0.15) is 0 Å². The number of aromatic nitrogens is 4. The predicted octanol–water partition coefficient (Wildman–Crippen LogP) is 1.05. The number of hydrogen-bond acceptors (Lipinski definition) is 8. The average molecular weight is 308 g/mol. The molecule has 3 rings (SSSR count). The Hall–Kier alpha value is -2.29. The smallest absolute Gasteiger partial charge is 0.316 e. The summed E-state index contributed by atoms with van der Waals surface area (Å²) in [6, 6.07) is 5.39. The summed E-state index contributed by atoms with van der Waals surface area (Å²) in [5.74, 6) is 1.18. The van der Waals surface area contributed by atoms with Crippen molar-refractivity contribution in [3.05, 3.63) is 18.2 Å². The first-order valence-electron chi connectivity index (χ1n) is 6.24. The van der Waals surface area contributed by atoms with Gasteiger partial charge in [-0.3, -0.25) is 4.79 Å². The van der Waals surface area contributed by atoms with E-state index in [4.69, 9.17) is 14.2 Å². The third-order valence-electron chi connectivity index (χ3n) is 2.67. The van der Waals surface area contributed by atoms with Crippen molar-refractivity contribution in [3.8, 4) is 17.2 Å². The topological polar surface area (TPSA) is 88.4 Å². The minimum Gasteiger partial charge on any atom is -0.465 e. The standard InChI is InChI=1S/C12H12N4O4S/c1-2-18-11(17)6-21-12-13-14-15-16(12)8-3-4-9-10(5-8)20-7-19-9/h3-5H,2,6-7H2,1H3. The van der Waals surface area contributed by atoms with Crippen molar-refractivity contribution in [1.29, 1.82) is 0 Å². The Bertz CT molecular complexity index is 660. The predicted molar refractivity (Wildman–Crippen MR) is 72.6 cm³/mol. The first kappa shape index (κ1) is 13.7. The number of fused-ring (bicyclic) bond motifs is 1. The number of thioether (sulfide) groups is 1. The molecule has 0 saturated heterocycles. The van der Waals surface area contributed by atoms with Crippen molar-refractivity contribution in [2.75, 3.05) is 19.2 Å². The summed E-state index contributed by atoms with van der Waals surface area (Å²) in [4.78, 5) is 11.4. The van der Waals surface area contributed by atoms with E-state index in [1.807, 2.05) is 6.07 Å². The molecule has 1 aliphatic heterocycles. The molecule has 0 N–H and O–H groups in total. The molecule has 9 heteroatoms. The van der Waals surface area contributed by atoms with Crippen LogP contribution in [0.1, 0.15) is 6.92 Å². The quantitative estimate of drug-likeness (QED) is 0.598. The van der Waals surface area contributed by atoms with E-state index >= 15 is 0 Å². The molecule has 0 bridgehead atoms. The second kappa shape index (κ2) is 6.00. The summed E-state index contributed by atoms with van der Waals surface area (Å²) in [5.41, 5.74) is 0.732. The van der Waals surface area contributed by atoms with Crippen LogP contribution in [-0.4, -0.2) is 45.3 Å². The van der Waals surface area contributed by atoms with Gasteiger partial charge in [0.05, 0.1) is 18.0 Å². The molecule has 2 aromatic rings. The first-order chi connectivity index (χ1) is 10.3. The van der Waals surface area contributed by atoms with Crippen LogP contribution in [0, 0.1) is 0 Å². The highest BCUT2D eigenvalue weighted by atomic mass is 32.2. The molecule has 0 spiro atoms. The molecule has 0 saturated carbocycles.